The highest BCUT2D eigenvalue weighted by molar-refractivity contribution is 6.31. The summed E-state index contributed by atoms with van der Waals surface area (Å²) in [6.07, 6.45) is 2.05. The van der Waals surface area contributed by atoms with Gasteiger partial charge in [-0.3, -0.25) is 19.5 Å². The Morgan fingerprint density at radius 3 is 2.88 bits per heavy atom. The molecule has 0 fully saturated rings. The summed E-state index contributed by atoms with van der Waals surface area (Å²) in [6.45, 7) is 0.779. The number of fused-ring (bicyclic) bond motifs is 2. The summed E-state index contributed by atoms with van der Waals surface area (Å²) < 4.78 is 5.65. The summed E-state index contributed by atoms with van der Waals surface area (Å²) in [5.74, 6) is -0.645. The predicted molar refractivity (Wildman–Crippen MR) is 117 cm³/mol. The van der Waals surface area contributed by atoms with Gasteiger partial charge in [-0.15, -0.1) is 0 Å². The van der Waals surface area contributed by atoms with Gasteiger partial charge >= 0.3 is 0 Å². The van der Waals surface area contributed by atoms with Crippen molar-refractivity contribution in [3.8, 4) is 5.75 Å². The first kappa shape index (κ1) is 21.6. The van der Waals surface area contributed by atoms with Crippen LogP contribution in [0.15, 0.2) is 36.5 Å². The molecule has 11 heteroatoms. The Balaban J connectivity index is 1.50. The minimum absolute atomic E-state index is 0.137. The third-order valence-corrected chi connectivity index (χ3v) is 5.13. The lowest BCUT2D eigenvalue weighted by molar-refractivity contribution is -0.121. The molecule has 166 valence electrons. The van der Waals surface area contributed by atoms with Gasteiger partial charge in [-0.2, -0.15) is 5.10 Å². The number of nitrogens with one attached hydrogen (secondary N) is 3. The summed E-state index contributed by atoms with van der Waals surface area (Å²) in [6, 6.07) is 8.12. The van der Waals surface area contributed by atoms with Crippen LogP contribution >= 0.6 is 11.6 Å². The number of rotatable bonds is 1. The van der Waals surface area contributed by atoms with Crippen LogP contribution in [0, 0.1) is 0 Å². The molecule has 0 bridgehead atoms. The van der Waals surface area contributed by atoms with Crippen molar-refractivity contribution < 1.29 is 19.1 Å². The topological polar surface area (TPSA) is 129 Å². The summed E-state index contributed by atoms with van der Waals surface area (Å²) in [5, 5.41) is 13.4. The fraction of sp³-hybridized carbons (Fsp3) is 0.286. The first-order chi connectivity index (χ1) is 15.5. The van der Waals surface area contributed by atoms with Crippen LogP contribution in [-0.4, -0.2) is 70.6 Å². The maximum absolute atomic E-state index is 13.0. The molecule has 0 radical (unpaired) electrons. The molecule has 0 unspecified atom stereocenters. The average Bonchev–Trinajstić information content (AvgIpc) is 3.26. The van der Waals surface area contributed by atoms with Crippen LogP contribution in [0.5, 0.6) is 5.75 Å². The molecule has 0 aliphatic carbocycles. The number of hydrogen-bond donors (Lipinski definition) is 3. The van der Waals surface area contributed by atoms with Crippen LogP contribution in [0.2, 0.25) is 5.02 Å². The van der Waals surface area contributed by atoms with Gasteiger partial charge in [-0.05, 0) is 36.8 Å². The molecule has 0 saturated carbocycles. The molecule has 1 aromatic carbocycles. The number of amides is 3. The highest BCUT2D eigenvalue weighted by atomic mass is 35.5. The summed E-state index contributed by atoms with van der Waals surface area (Å²) >= 11 is 6.03. The number of ether oxygens (including phenoxy) is 1. The zero-order valence-electron chi connectivity index (χ0n) is 17.1. The van der Waals surface area contributed by atoms with Crippen molar-refractivity contribution >= 4 is 40.4 Å². The second-order valence-corrected chi connectivity index (χ2v) is 7.62. The van der Waals surface area contributed by atoms with E-state index < -0.39 is 0 Å². The molecule has 2 aromatic heterocycles. The molecule has 0 atom stereocenters. The lowest BCUT2D eigenvalue weighted by Gasteiger charge is -2.22. The Hall–Kier alpha value is -3.66. The standard InChI is InChI=1S/C21H21ClN6O4/c22-14-3-5-17-15(10-14)20(30)24-6-1-8-28(12-18(29)23-7-9-32-17)21(31)16-4-2-13-11-25-27-19(13)26-16/h2-5,10-11H,1,6-9,12H2,(H,23,29)(H,24,30)(H,25,26,27). The second kappa shape index (κ2) is 9.65. The molecular formula is C21H21ClN6O4. The van der Waals surface area contributed by atoms with E-state index in [9.17, 15) is 14.4 Å². The number of halogens is 1. The first-order valence-corrected chi connectivity index (χ1v) is 10.5. The van der Waals surface area contributed by atoms with Crippen LogP contribution in [0.1, 0.15) is 27.3 Å². The lowest BCUT2D eigenvalue weighted by atomic mass is 10.2. The molecule has 3 aromatic rings. The monoisotopic (exact) mass is 456 g/mol. The number of aromatic amines is 1. The van der Waals surface area contributed by atoms with E-state index in [2.05, 4.69) is 25.8 Å². The van der Waals surface area contributed by atoms with Crippen molar-refractivity contribution in [3.05, 3.63) is 52.8 Å². The van der Waals surface area contributed by atoms with Crippen molar-refractivity contribution in [2.24, 2.45) is 0 Å². The van der Waals surface area contributed by atoms with E-state index >= 15 is 0 Å². The summed E-state index contributed by atoms with van der Waals surface area (Å²) in [4.78, 5) is 43.8. The van der Waals surface area contributed by atoms with Gasteiger partial charge in [-0.25, -0.2) is 4.98 Å². The van der Waals surface area contributed by atoms with Gasteiger partial charge in [0.2, 0.25) is 5.91 Å². The minimum Gasteiger partial charge on any atom is -0.491 e. The van der Waals surface area contributed by atoms with Gasteiger partial charge in [0.05, 0.1) is 24.8 Å². The average molecular weight is 457 g/mol. The van der Waals surface area contributed by atoms with E-state index in [1.807, 2.05) is 0 Å². The lowest BCUT2D eigenvalue weighted by Crippen LogP contribution is -2.43. The largest absolute Gasteiger partial charge is 0.491 e. The molecule has 3 heterocycles. The number of H-pyrrole nitrogens is 1. The predicted octanol–water partition coefficient (Wildman–Crippen LogP) is 1.38. The Morgan fingerprint density at radius 2 is 2.00 bits per heavy atom. The zero-order chi connectivity index (χ0) is 22.5. The van der Waals surface area contributed by atoms with Gasteiger partial charge in [0.25, 0.3) is 11.8 Å². The van der Waals surface area contributed by atoms with E-state index in [4.69, 9.17) is 16.3 Å². The normalized spacial score (nSPS) is 15.8. The first-order valence-electron chi connectivity index (χ1n) is 10.1. The van der Waals surface area contributed by atoms with Crippen LogP contribution in [0.3, 0.4) is 0 Å². The third kappa shape index (κ3) is 4.97. The van der Waals surface area contributed by atoms with Gasteiger partial charge in [0.1, 0.15) is 18.1 Å². The van der Waals surface area contributed by atoms with Crippen molar-refractivity contribution in [3.63, 3.8) is 0 Å². The number of pyridine rings is 1. The van der Waals surface area contributed by atoms with Crippen LogP contribution in [-0.2, 0) is 4.79 Å². The van der Waals surface area contributed by atoms with Gasteiger partial charge in [0, 0.05) is 23.5 Å². The summed E-state index contributed by atoms with van der Waals surface area (Å²) in [5.41, 5.74) is 1.00. The Kier molecular flexibility index (Phi) is 6.50. The summed E-state index contributed by atoms with van der Waals surface area (Å²) in [7, 11) is 0. The molecule has 32 heavy (non-hydrogen) atoms. The molecule has 1 aliphatic heterocycles. The fourth-order valence-corrected chi connectivity index (χ4v) is 3.49. The fourth-order valence-electron chi connectivity index (χ4n) is 3.31. The van der Waals surface area contributed by atoms with Crippen molar-refractivity contribution in [1.29, 1.82) is 0 Å². The van der Waals surface area contributed by atoms with Crippen LogP contribution < -0.4 is 15.4 Å². The van der Waals surface area contributed by atoms with E-state index in [0.29, 0.717) is 34.9 Å². The zero-order valence-corrected chi connectivity index (χ0v) is 17.8. The highest BCUT2D eigenvalue weighted by Gasteiger charge is 2.21. The van der Waals surface area contributed by atoms with Crippen molar-refractivity contribution in [2.45, 2.75) is 6.42 Å². The molecular weight excluding hydrogens is 436 g/mol. The van der Waals surface area contributed by atoms with Crippen LogP contribution in [0.4, 0.5) is 0 Å². The molecule has 3 N–H and O–H groups in total. The SMILES string of the molecule is O=C1CN(C(=O)c2ccc3cn[nH]c3n2)CCCNC(=O)c2cc(Cl)ccc2OCCN1. The molecule has 1 aliphatic rings. The van der Waals surface area contributed by atoms with Crippen molar-refractivity contribution in [1.82, 2.24) is 30.7 Å². The molecule has 10 nitrogen and oxygen atoms in total. The van der Waals surface area contributed by atoms with Gasteiger partial charge in [-0.1, -0.05) is 11.6 Å². The smallest absolute Gasteiger partial charge is 0.273 e. The van der Waals surface area contributed by atoms with Crippen LogP contribution in [0.25, 0.3) is 11.0 Å². The van der Waals surface area contributed by atoms with E-state index in [1.165, 1.54) is 11.0 Å². The number of hydrogen-bond acceptors (Lipinski definition) is 6. The Morgan fingerprint density at radius 1 is 1.12 bits per heavy atom. The van der Waals surface area contributed by atoms with Gasteiger partial charge in [0.15, 0.2) is 5.65 Å². The quantitative estimate of drug-likeness (QED) is 0.507. The molecule has 4 rings (SSSR count). The molecule has 0 saturated heterocycles. The molecule has 0 spiro atoms. The maximum atomic E-state index is 13.0. The number of nitrogens with zero attached hydrogens (tertiary/aromatic N) is 3. The minimum atomic E-state index is -0.386. The molecule has 3 amide bonds. The number of benzene rings is 1. The Labute approximate surface area is 188 Å². The van der Waals surface area contributed by atoms with E-state index in [0.717, 1.165) is 5.39 Å². The maximum Gasteiger partial charge on any atom is 0.273 e. The Bertz CT molecular complexity index is 1160. The van der Waals surface area contributed by atoms with Gasteiger partial charge < -0.3 is 20.3 Å². The van der Waals surface area contributed by atoms with E-state index in [-0.39, 0.29) is 49.7 Å². The second-order valence-electron chi connectivity index (χ2n) is 7.18. The highest BCUT2D eigenvalue weighted by Crippen LogP contribution is 2.23. The number of aromatic nitrogens is 3. The van der Waals surface area contributed by atoms with Crippen molar-refractivity contribution in [2.75, 3.05) is 32.8 Å². The third-order valence-electron chi connectivity index (χ3n) is 4.90. The number of carbonyl (C=O) groups is 3. The number of carbonyl (C=O) groups excluding carboxylic acids is 3. The van der Waals surface area contributed by atoms with E-state index in [1.54, 1.807) is 30.5 Å².